The van der Waals surface area contributed by atoms with Gasteiger partial charge in [0.1, 0.15) is 0 Å². The fourth-order valence-corrected chi connectivity index (χ4v) is 1.50. The second-order valence-electron chi connectivity index (χ2n) is 3.59. The van der Waals surface area contributed by atoms with Gasteiger partial charge < -0.3 is 5.32 Å². The normalized spacial score (nSPS) is 10.9. The molecule has 0 aliphatic heterocycles. The lowest BCUT2D eigenvalue weighted by atomic mass is 10.0. The molecule has 0 aliphatic carbocycles. The number of carbonyl (C=O) groups is 1. The fraction of sp³-hybridized carbons (Fsp3) is 0.308. The molecule has 15 heavy (non-hydrogen) atoms. The number of ketones is 1. The highest BCUT2D eigenvalue weighted by atomic mass is 16.1. The summed E-state index contributed by atoms with van der Waals surface area (Å²) in [7, 11) is 1.91. The highest BCUT2D eigenvalue weighted by Crippen LogP contribution is 2.12. The number of nitrogens with one attached hydrogen (secondary N) is 1. The summed E-state index contributed by atoms with van der Waals surface area (Å²) in [6.45, 7) is 4.42. The first kappa shape index (κ1) is 11.7. The van der Waals surface area contributed by atoms with Crippen molar-refractivity contribution in [3.63, 3.8) is 0 Å². The summed E-state index contributed by atoms with van der Waals surface area (Å²) in [5.74, 6) is 0.123. The summed E-state index contributed by atoms with van der Waals surface area (Å²) >= 11 is 0. The van der Waals surface area contributed by atoms with Crippen LogP contribution in [0.4, 0.5) is 0 Å². The van der Waals surface area contributed by atoms with Crippen molar-refractivity contribution in [3.8, 4) is 0 Å². The molecule has 0 bridgehead atoms. The Morgan fingerprint density at radius 1 is 1.47 bits per heavy atom. The predicted octanol–water partition coefficient (Wildman–Crippen LogP) is 2.43. The van der Waals surface area contributed by atoms with Crippen LogP contribution in [-0.4, -0.2) is 19.4 Å². The van der Waals surface area contributed by atoms with E-state index in [4.69, 9.17) is 0 Å². The Kier molecular flexibility index (Phi) is 4.25. The highest BCUT2D eigenvalue weighted by molar-refractivity contribution is 5.95. The summed E-state index contributed by atoms with van der Waals surface area (Å²) in [5.41, 5.74) is 2.97. The predicted molar refractivity (Wildman–Crippen MR) is 64.1 cm³/mol. The van der Waals surface area contributed by atoms with Gasteiger partial charge in [0.05, 0.1) is 0 Å². The first-order valence-electron chi connectivity index (χ1n) is 5.08. The highest BCUT2D eigenvalue weighted by Gasteiger charge is 2.02. The molecular formula is C13H17NO. The van der Waals surface area contributed by atoms with E-state index in [0.29, 0.717) is 0 Å². The lowest BCUT2D eigenvalue weighted by Crippen LogP contribution is -2.03. The van der Waals surface area contributed by atoms with Crippen molar-refractivity contribution >= 4 is 11.9 Å². The van der Waals surface area contributed by atoms with Crippen LogP contribution in [0.25, 0.3) is 6.08 Å². The zero-order valence-electron chi connectivity index (χ0n) is 9.50. The van der Waals surface area contributed by atoms with Gasteiger partial charge in [-0.05, 0) is 32.0 Å². The van der Waals surface area contributed by atoms with Crippen LogP contribution >= 0.6 is 0 Å². The van der Waals surface area contributed by atoms with Crippen molar-refractivity contribution in [3.05, 3.63) is 41.0 Å². The number of Topliss-reactive ketones (excluding diaryl/α,β-unsaturated/α-hetero) is 1. The smallest absolute Gasteiger partial charge is 0.160 e. The molecule has 0 atom stereocenters. The molecule has 0 fully saturated rings. The molecule has 1 N–H and O–H groups in total. The van der Waals surface area contributed by atoms with E-state index in [0.717, 1.165) is 23.2 Å². The Morgan fingerprint density at radius 2 is 2.20 bits per heavy atom. The van der Waals surface area contributed by atoms with Crippen LogP contribution in [0, 0.1) is 6.92 Å². The van der Waals surface area contributed by atoms with Crippen LogP contribution in [0.15, 0.2) is 24.3 Å². The summed E-state index contributed by atoms with van der Waals surface area (Å²) in [6, 6.07) is 5.88. The van der Waals surface area contributed by atoms with Crippen molar-refractivity contribution in [2.24, 2.45) is 0 Å². The fourth-order valence-electron chi connectivity index (χ4n) is 1.50. The molecule has 0 aliphatic rings. The number of hydrogen-bond donors (Lipinski definition) is 1. The summed E-state index contributed by atoms with van der Waals surface area (Å²) < 4.78 is 0. The van der Waals surface area contributed by atoms with Crippen molar-refractivity contribution in [2.75, 3.05) is 13.6 Å². The third-order valence-electron chi connectivity index (χ3n) is 2.26. The van der Waals surface area contributed by atoms with E-state index in [2.05, 4.69) is 11.4 Å². The number of aryl methyl sites for hydroxylation is 1. The molecule has 0 saturated carbocycles. The van der Waals surface area contributed by atoms with Gasteiger partial charge >= 0.3 is 0 Å². The van der Waals surface area contributed by atoms with Crippen LogP contribution in [-0.2, 0) is 0 Å². The second-order valence-corrected chi connectivity index (χ2v) is 3.59. The molecule has 2 nitrogen and oxygen atoms in total. The lowest BCUT2D eigenvalue weighted by molar-refractivity contribution is 0.101. The SMILES string of the molecule is CNCC=Cc1ccc(C(C)=O)c(C)c1. The molecule has 1 rings (SSSR count). The maximum Gasteiger partial charge on any atom is 0.160 e. The molecule has 0 amide bonds. The van der Waals surface area contributed by atoms with Gasteiger partial charge in [0, 0.05) is 12.1 Å². The maximum atomic E-state index is 11.2. The summed E-state index contributed by atoms with van der Waals surface area (Å²) in [5, 5.41) is 3.04. The molecule has 2 heteroatoms. The average molecular weight is 203 g/mol. The van der Waals surface area contributed by atoms with E-state index in [1.807, 2.05) is 38.2 Å². The maximum absolute atomic E-state index is 11.2. The van der Waals surface area contributed by atoms with Crippen LogP contribution in [0.5, 0.6) is 0 Å². The van der Waals surface area contributed by atoms with Crippen LogP contribution in [0.3, 0.4) is 0 Å². The quantitative estimate of drug-likeness (QED) is 0.761. The molecule has 0 heterocycles. The third-order valence-corrected chi connectivity index (χ3v) is 2.26. The van der Waals surface area contributed by atoms with Crippen molar-refractivity contribution < 1.29 is 4.79 Å². The van der Waals surface area contributed by atoms with Gasteiger partial charge in [0.25, 0.3) is 0 Å². The Hall–Kier alpha value is -1.41. The first-order chi connectivity index (χ1) is 7.15. The summed E-state index contributed by atoms with van der Waals surface area (Å²) in [4.78, 5) is 11.2. The van der Waals surface area contributed by atoms with Gasteiger partial charge in [0.2, 0.25) is 0 Å². The monoisotopic (exact) mass is 203 g/mol. The Morgan fingerprint density at radius 3 is 2.73 bits per heavy atom. The molecule has 0 spiro atoms. The minimum Gasteiger partial charge on any atom is -0.316 e. The van der Waals surface area contributed by atoms with Gasteiger partial charge in [-0.1, -0.05) is 30.4 Å². The van der Waals surface area contributed by atoms with E-state index < -0.39 is 0 Å². The number of rotatable bonds is 4. The van der Waals surface area contributed by atoms with Crippen molar-refractivity contribution in [2.45, 2.75) is 13.8 Å². The van der Waals surface area contributed by atoms with E-state index in [9.17, 15) is 4.79 Å². The van der Waals surface area contributed by atoms with Gasteiger partial charge in [-0.2, -0.15) is 0 Å². The van der Waals surface area contributed by atoms with Crippen LogP contribution in [0.2, 0.25) is 0 Å². The molecule has 0 unspecified atom stereocenters. The number of likely N-dealkylation sites (N-methyl/N-ethyl adjacent to an activating group) is 1. The lowest BCUT2D eigenvalue weighted by Gasteiger charge is -2.02. The Balaban J connectivity index is 2.87. The zero-order chi connectivity index (χ0) is 11.3. The first-order valence-corrected chi connectivity index (χ1v) is 5.08. The molecule has 0 aromatic heterocycles. The topological polar surface area (TPSA) is 29.1 Å². The van der Waals surface area contributed by atoms with Gasteiger partial charge in [-0.15, -0.1) is 0 Å². The van der Waals surface area contributed by atoms with Gasteiger partial charge in [0.15, 0.2) is 5.78 Å². The molecular weight excluding hydrogens is 186 g/mol. The molecule has 1 aromatic rings. The van der Waals surface area contributed by atoms with Gasteiger partial charge in [-0.25, -0.2) is 0 Å². The Bertz CT molecular complexity index is 380. The van der Waals surface area contributed by atoms with Crippen molar-refractivity contribution in [1.82, 2.24) is 5.32 Å². The zero-order valence-corrected chi connectivity index (χ0v) is 9.50. The second kappa shape index (κ2) is 5.47. The third kappa shape index (κ3) is 3.33. The van der Waals surface area contributed by atoms with Gasteiger partial charge in [-0.3, -0.25) is 4.79 Å². The standard InChI is InChI=1S/C13H17NO/c1-10-9-12(5-4-8-14-3)6-7-13(10)11(2)15/h4-7,9,14H,8H2,1-3H3. The van der Waals surface area contributed by atoms with E-state index in [-0.39, 0.29) is 5.78 Å². The largest absolute Gasteiger partial charge is 0.316 e. The van der Waals surface area contributed by atoms with Crippen molar-refractivity contribution in [1.29, 1.82) is 0 Å². The minimum atomic E-state index is 0.123. The molecule has 1 aromatic carbocycles. The summed E-state index contributed by atoms with van der Waals surface area (Å²) in [6.07, 6.45) is 4.11. The van der Waals surface area contributed by atoms with E-state index in [1.54, 1.807) is 6.92 Å². The average Bonchev–Trinajstić information content (AvgIpc) is 2.17. The number of hydrogen-bond acceptors (Lipinski definition) is 2. The van der Waals surface area contributed by atoms with E-state index >= 15 is 0 Å². The minimum absolute atomic E-state index is 0.123. The molecule has 0 radical (unpaired) electrons. The Labute approximate surface area is 91.0 Å². The number of carbonyl (C=O) groups excluding carboxylic acids is 1. The van der Waals surface area contributed by atoms with Crippen LogP contribution < -0.4 is 5.32 Å². The molecule has 0 saturated heterocycles. The molecule has 80 valence electrons. The number of benzene rings is 1. The van der Waals surface area contributed by atoms with E-state index in [1.165, 1.54) is 0 Å². The van der Waals surface area contributed by atoms with Crippen LogP contribution in [0.1, 0.15) is 28.4 Å².